The van der Waals surface area contributed by atoms with E-state index in [2.05, 4.69) is 0 Å². The maximum absolute atomic E-state index is 11.6. The fourth-order valence-electron chi connectivity index (χ4n) is 1.35. The highest BCUT2D eigenvalue weighted by Crippen LogP contribution is 2.08. The number of likely N-dealkylation sites (N-methyl/N-ethyl adjacent to an activating group) is 1. The van der Waals surface area contributed by atoms with Gasteiger partial charge in [0.15, 0.2) is 0 Å². The molecule has 1 amide bonds. The molecule has 0 saturated heterocycles. The molecule has 1 atom stereocenters. The molecule has 0 radical (unpaired) electrons. The fourth-order valence-corrected chi connectivity index (χ4v) is 1.35. The highest BCUT2D eigenvalue weighted by molar-refractivity contribution is 5.75. The van der Waals surface area contributed by atoms with Crippen molar-refractivity contribution in [3.05, 3.63) is 0 Å². The highest BCUT2D eigenvalue weighted by atomic mass is 16.3. The van der Waals surface area contributed by atoms with E-state index in [1.807, 2.05) is 6.92 Å². The molecule has 3 N–H and O–H groups in total. The van der Waals surface area contributed by atoms with Crippen molar-refractivity contribution < 1.29 is 9.90 Å². The van der Waals surface area contributed by atoms with Gasteiger partial charge in [-0.15, -0.1) is 0 Å². The van der Waals surface area contributed by atoms with Gasteiger partial charge in [-0.1, -0.05) is 6.92 Å². The Bertz CT molecular complexity index is 199. The van der Waals surface area contributed by atoms with E-state index < -0.39 is 5.60 Å². The Labute approximate surface area is 92.4 Å². The van der Waals surface area contributed by atoms with Crippen LogP contribution in [0.25, 0.3) is 0 Å². The average molecular weight is 216 g/mol. The van der Waals surface area contributed by atoms with Crippen LogP contribution in [0.15, 0.2) is 0 Å². The number of aliphatic hydroxyl groups is 1. The number of nitrogens with two attached hydrogens (primary N) is 1. The summed E-state index contributed by atoms with van der Waals surface area (Å²) in [6.07, 6.45) is 1.32. The molecule has 90 valence electrons. The van der Waals surface area contributed by atoms with E-state index in [1.165, 1.54) is 0 Å². The summed E-state index contributed by atoms with van der Waals surface area (Å²) in [7, 11) is 1.72. The molecular formula is C11H24N2O2. The van der Waals surface area contributed by atoms with Crippen LogP contribution in [-0.4, -0.2) is 41.7 Å². The molecule has 0 heterocycles. The van der Waals surface area contributed by atoms with E-state index in [9.17, 15) is 9.90 Å². The van der Waals surface area contributed by atoms with Crippen LogP contribution in [0.2, 0.25) is 0 Å². The smallest absolute Gasteiger partial charge is 0.222 e. The molecule has 0 rings (SSSR count). The van der Waals surface area contributed by atoms with Gasteiger partial charge >= 0.3 is 0 Å². The van der Waals surface area contributed by atoms with Crippen molar-refractivity contribution in [1.29, 1.82) is 0 Å². The second kappa shape index (κ2) is 6.08. The van der Waals surface area contributed by atoms with Crippen LogP contribution in [0.1, 0.15) is 33.6 Å². The molecule has 1 unspecified atom stereocenters. The van der Waals surface area contributed by atoms with Gasteiger partial charge in [-0.3, -0.25) is 4.79 Å². The van der Waals surface area contributed by atoms with Crippen molar-refractivity contribution in [2.45, 2.75) is 39.2 Å². The summed E-state index contributed by atoms with van der Waals surface area (Å²) in [6.45, 7) is 6.40. The Morgan fingerprint density at radius 3 is 2.47 bits per heavy atom. The van der Waals surface area contributed by atoms with Gasteiger partial charge in [0.25, 0.3) is 0 Å². The normalized spacial score (nSPS) is 13.7. The van der Waals surface area contributed by atoms with Gasteiger partial charge in [-0.25, -0.2) is 0 Å². The SMILES string of the molecule is CC(CN)CCC(=O)N(C)CC(C)(C)O. The lowest BCUT2D eigenvalue weighted by molar-refractivity contribution is -0.132. The van der Waals surface area contributed by atoms with Crippen LogP contribution < -0.4 is 5.73 Å². The average Bonchev–Trinajstić information content (AvgIpc) is 2.10. The molecule has 0 aliphatic heterocycles. The number of nitrogens with zero attached hydrogens (tertiary/aromatic N) is 1. The van der Waals surface area contributed by atoms with Crippen molar-refractivity contribution in [2.24, 2.45) is 11.7 Å². The summed E-state index contributed by atoms with van der Waals surface area (Å²) < 4.78 is 0. The Morgan fingerprint density at radius 2 is 2.07 bits per heavy atom. The minimum atomic E-state index is -0.829. The van der Waals surface area contributed by atoms with E-state index >= 15 is 0 Å². The van der Waals surface area contributed by atoms with Crippen LogP contribution in [0.4, 0.5) is 0 Å². The quantitative estimate of drug-likeness (QED) is 0.683. The van der Waals surface area contributed by atoms with Gasteiger partial charge < -0.3 is 15.7 Å². The summed E-state index contributed by atoms with van der Waals surface area (Å²) in [5.74, 6) is 0.446. The molecule has 0 spiro atoms. The van der Waals surface area contributed by atoms with E-state index in [-0.39, 0.29) is 5.91 Å². The molecule has 0 aliphatic rings. The minimum Gasteiger partial charge on any atom is -0.389 e. The van der Waals surface area contributed by atoms with Gasteiger partial charge in [0.05, 0.1) is 5.60 Å². The third kappa shape index (κ3) is 7.33. The zero-order valence-corrected chi connectivity index (χ0v) is 10.3. The Hall–Kier alpha value is -0.610. The maximum Gasteiger partial charge on any atom is 0.222 e. The van der Waals surface area contributed by atoms with E-state index in [0.717, 1.165) is 6.42 Å². The zero-order chi connectivity index (χ0) is 12.1. The molecule has 0 saturated carbocycles. The third-order valence-electron chi connectivity index (χ3n) is 2.30. The predicted octanol–water partition coefficient (Wildman–Crippen LogP) is 0.591. The highest BCUT2D eigenvalue weighted by Gasteiger charge is 2.19. The van der Waals surface area contributed by atoms with Crippen LogP contribution in [0, 0.1) is 5.92 Å². The van der Waals surface area contributed by atoms with Crippen LogP contribution in [-0.2, 0) is 4.79 Å². The zero-order valence-electron chi connectivity index (χ0n) is 10.3. The Kier molecular flexibility index (Phi) is 5.83. The molecular weight excluding hydrogens is 192 g/mol. The van der Waals surface area contributed by atoms with E-state index in [1.54, 1.807) is 25.8 Å². The predicted molar refractivity (Wildman–Crippen MR) is 61.4 cm³/mol. The summed E-state index contributed by atoms with van der Waals surface area (Å²) >= 11 is 0. The number of hydrogen-bond acceptors (Lipinski definition) is 3. The van der Waals surface area contributed by atoms with E-state index in [0.29, 0.717) is 25.4 Å². The van der Waals surface area contributed by atoms with Crippen LogP contribution in [0.3, 0.4) is 0 Å². The van der Waals surface area contributed by atoms with Crippen LogP contribution >= 0.6 is 0 Å². The lowest BCUT2D eigenvalue weighted by atomic mass is 10.0. The first-order valence-corrected chi connectivity index (χ1v) is 5.42. The molecule has 0 aliphatic carbocycles. The number of hydrogen-bond donors (Lipinski definition) is 2. The summed E-state index contributed by atoms with van der Waals surface area (Å²) in [5, 5.41) is 9.55. The van der Waals surface area contributed by atoms with Crippen molar-refractivity contribution in [3.8, 4) is 0 Å². The molecule has 4 heteroatoms. The maximum atomic E-state index is 11.6. The van der Waals surface area contributed by atoms with Crippen molar-refractivity contribution in [2.75, 3.05) is 20.1 Å². The molecule has 0 aromatic carbocycles. The van der Waals surface area contributed by atoms with Gasteiger partial charge in [0.1, 0.15) is 0 Å². The van der Waals surface area contributed by atoms with Gasteiger partial charge in [0.2, 0.25) is 5.91 Å². The summed E-state index contributed by atoms with van der Waals surface area (Å²) in [4.78, 5) is 13.2. The van der Waals surface area contributed by atoms with Crippen molar-refractivity contribution in [1.82, 2.24) is 4.90 Å². The molecule has 15 heavy (non-hydrogen) atoms. The first kappa shape index (κ1) is 14.4. The lowest BCUT2D eigenvalue weighted by Gasteiger charge is -2.25. The second-order valence-electron chi connectivity index (χ2n) is 4.94. The van der Waals surface area contributed by atoms with Gasteiger partial charge in [-0.05, 0) is 32.7 Å². The largest absolute Gasteiger partial charge is 0.389 e. The molecule has 0 aromatic rings. The third-order valence-corrected chi connectivity index (χ3v) is 2.30. The monoisotopic (exact) mass is 216 g/mol. The standard InChI is InChI=1S/C11H24N2O2/c1-9(7-12)5-6-10(14)13(4)8-11(2,3)15/h9,15H,5-8,12H2,1-4H3. The number of carbonyl (C=O) groups excluding carboxylic acids is 1. The van der Waals surface area contributed by atoms with Crippen molar-refractivity contribution in [3.63, 3.8) is 0 Å². The first-order chi connectivity index (χ1) is 6.76. The Morgan fingerprint density at radius 1 is 1.53 bits per heavy atom. The fraction of sp³-hybridized carbons (Fsp3) is 0.909. The minimum absolute atomic E-state index is 0.0671. The molecule has 0 bridgehead atoms. The number of carbonyl (C=O) groups is 1. The summed E-state index contributed by atoms with van der Waals surface area (Å²) in [6, 6.07) is 0. The van der Waals surface area contributed by atoms with Gasteiger partial charge in [-0.2, -0.15) is 0 Å². The summed E-state index contributed by atoms with van der Waals surface area (Å²) in [5.41, 5.74) is 4.64. The lowest BCUT2D eigenvalue weighted by Crippen LogP contribution is -2.39. The van der Waals surface area contributed by atoms with Gasteiger partial charge in [0, 0.05) is 20.0 Å². The van der Waals surface area contributed by atoms with Crippen LogP contribution in [0.5, 0.6) is 0 Å². The Balaban J connectivity index is 3.90. The topological polar surface area (TPSA) is 66.6 Å². The number of amides is 1. The second-order valence-corrected chi connectivity index (χ2v) is 4.94. The first-order valence-electron chi connectivity index (χ1n) is 5.42. The molecule has 4 nitrogen and oxygen atoms in total. The van der Waals surface area contributed by atoms with E-state index in [4.69, 9.17) is 5.73 Å². The molecule has 0 aromatic heterocycles. The number of rotatable bonds is 6. The van der Waals surface area contributed by atoms with Crippen molar-refractivity contribution >= 4 is 5.91 Å². The molecule has 0 fully saturated rings.